The molecule has 16 heavy (non-hydrogen) atoms. The number of rotatable bonds is 4. The Kier molecular flexibility index (Phi) is 4.44. The molecule has 86 valence electrons. The molecule has 6 heteroatoms. The van der Waals surface area contributed by atoms with Crippen molar-refractivity contribution >= 4 is 11.6 Å². The summed E-state index contributed by atoms with van der Waals surface area (Å²) in [6.07, 6.45) is -1.52. The molecule has 0 aliphatic heterocycles. The number of methoxy groups -OCH3 is 1. The van der Waals surface area contributed by atoms with E-state index in [1.807, 2.05) is 6.07 Å². The van der Waals surface area contributed by atoms with Crippen molar-refractivity contribution in [2.24, 2.45) is 0 Å². The van der Waals surface area contributed by atoms with Crippen LogP contribution in [0.2, 0.25) is 0 Å². The fourth-order valence-corrected chi connectivity index (χ4v) is 1.59. The number of nitriles is 1. The van der Waals surface area contributed by atoms with Crippen LogP contribution in [0.15, 0.2) is 6.20 Å². The summed E-state index contributed by atoms with van der Waals surface area (Å²) in [4.78, 5) is 3.59. The van der Waals surface area contributed by atoms with Gasteiger partial charge in [0.25, 0.3) is 6.43 Å². The molecule has 3 nitrogen and oxygen atoms in total. The Morgan fingerprint density at radius 1 is 1.62 bits per heavy atom. The summed E-state index contributed by atoms with van der Waals surface area (Å²) in [6, 6.07) is 1.89. The number of alkyl halides is 3. The smallest absolute Gasteiger partial charge is 0.284 e. The Morgan fingerprint density at radius 2 is 2.31 bits per heavy atom. The zero-order valence-corrected chi connectivity index (χ0v) is 9.26. The van der Waals surface area contributed by atoms with Gasteiger partial charge in [0.05, 0.1) is 19.6 Å². The van der Waals surface area contributed by atoms with Crippen LogP contribution in [0.5, 0.6) is 5.75 Å². The number of halogens is 3. The molecule has 0 N–H and O–H groups in total. The molecule has 0 unspecified atom stereocenters. The quantitative estimate of drug-likeness (QED) is 0.768. The number of hydrogen-bond donors (Lipinski definition) is 0. The minimum atomic E-state index is -2.74. The zero-order chi connectivity index (χ0) is 12.1. The van der Waals surface area contributed by atoms with Crippen LogP contribution in [-0.4, -0.2) is 12.1 Å². The molecule has 0 fully saturated rings. The summed E-state index contributed by atoms with van der Waals surface area (Å²) < 4.78 is 30.1. The molecule has 1 rings (SSSR count). The molecule has 0 spiro atoms. The highest BCUT2D eigenvalue weighted by Crippen LogP contribution is 2.32. The fourth-order valence-electron chi connectivity index (χ4n) is 1.36. The second-order valence-corrected chi connectivity index (χ2v) is 3.22. The van der Waals surface area contributed by atoms with Crippen LogP contribution in [0.25, 0.3) is 0 Å². The van der Waals surface area contributed by atoms with Crippen LogP contribution < -0.4 is 4.74 Å². The molecule has 0 aliphatic carbocycles. The molecular weight excluding hydrogens is 238 g/mol. The van der Waals surface area contributed by atoms with Gasteiger partial charge in [-0.15, -0.1) is 11.6 Å². The number of hydrogen-bond acceptors (Lipinski definition) is 3. The second kappa shape index (κ2) is 5.61. The van der Waals surface area contributed by atoms with Crippen molar-refractivity contribution in [2.45, 2.75) is 18.7 Å². The lowest BCUT2D eigenvalue weighted by Gasteiger charge is -2.13. The molecule has 1 aromatic rings. The molecule has 0 bridgehead atoms. The molecule has 0 saturated carbocycles. The van der Waals surface area contributed by atoms with Crippen molar-refractivity contribution < 1.29 is 13.5 Å². The third kappa shape index (κ3) is 2.39. The van der Waals surface area contributed by atoms with Gasteiger partial charge >= 0.3 is 0 Å². The molecule has 0 aromatic carbocycles. The standard InChI is InChI=1S/C10H9ClF2N2O/c1-16-9-7(2-3-14)6(4-11)5-15-8(9)10(12)13/h5,10H,2,4H2,1H3. The summed E-state index contributed by atoms with van der Waals surface area (Å²) in [5, 5.41) is 8.63. The number of ether oxygens (including phenoxy) is 1. The highest BCUT2D eigenvalue weighted by molar-refractivity contribution is 6.17. The summed E-state index contributed by atoms with van der Waals surface area (Å²) in [7, 11) is 1.27. The van der Waals surface area contributed by atoms with Crippen LogP contribution >= 0.6 is 11.6 Å². The fraction of sp³-hybridized carbons (Fsp3) is 0.400. The Morgan fingerprint density at radius 3 is 2.75 bits per heavy atom. The monoisotopic (exact) mass is 246 g/mol. The predicted molar refractivity (Wildman–Crippen MR) is 54.6 cm³/mol. The Hall–Kier alpha value is -1.41. The van der Waals surface area contributed by atoms with Gasteiger partial charge in [-0.3, -0.25) is 4.98 Å². The Balaban J connectivity index is 3.38. The van der Waals surface area contributed by atoms with Gasteiger partial charge in [0.15, 0.2) is 5.75 Å². The second-order valence-electron chi connectivity index (χ2n) is 2.95. The van der Waals surface area contributed by atoms with Crippen molar-refractivity contribution in [3.63, 3.8) is 0 Å². The Labute approximate surface area is 96.6 Å². The lowest BCUT2D eigenvalue weighted by molar-refractivity contribution is 0.141. The molecular formula is C10H9ClF2N2O. The van der Waals surface area contributed by atoms with E-state index >= 15 is 0 Å². The maximum absolute atomic E-state index is 12.6. The molecule has 1 heterocycles. The molecule has 0 radical (unpaired) electrons. The van der Waals surface area contributed by atoms with E-state index in [1.165, 1.54) is 13.3 Å². The van der Waals surface area contributed by atoms with Gasteiger partial charge in [0.2, 0.25) is 0 Å². The summed E-state index contributed by atoms with van der Waals surface area (Å²) in [6.45, 7) is 0. The number of pyridine rings is 1. The third-order valence-electron chi connectivity index (χ3n) is 2.06. The first-order valence-corrected chi connectivity index (χ1v) is 4.94. The van der Waals surface area contributed by atoms with Crippen LogP contribution in [0.3, 0.4) is 0 Å². The van der Waals surface area contributed by atoms with Gasteiger partial charge in [-0.2, -0.15) is 5.26 Å². The minimum Gasteiger partial charge on any atom is -0.494 e. The van der Waals surface area contributed by atoms with Gasteiger partial charge in [-0.25, -0.2) is 8.78 Å². The molecule has 1 aromatic heterocycles. The topological polar surface area (TPSA) is 45.9 Å². The summed E-state index contributed by atoms with van der Waals surface area (Å²) >= 11 is 5.64. The highest BCUT2D eigenvalue weighted by atomic mass is 35.5. The van der Waals surface area contributed by atoms with E-state index in [9.17, 15) is 8.78 Å². The van der Waals surface area contributed by atoms with Crippen LogP contribution in [0, 0.1) is 11.3 Å². The number of nitrogens with zero attached hydrogens (tertiary/aromatic N) is 2. The third-order valence-corrected chi connectivity index (χ3v) is 2.35. The SMILES string of the molecule is COc1c(C(F)F)ncc(CCl)c1CC#N. The highest BCUT2D eigenvalue weighted by Gasteiger charge is 2.21. The molecule has 0 saturated heterocycles. The van der Waals surface area contributed by atoms with E-state index in [0.29, 0.717) is 11.1 Å². The van der Waals surface area contributed by atoms with Gasteiger partial charge in [0, 0.05) is 17.6 Å². The maximum atomic E-state index is 12.6. The molecule has 0 atom stereocenters. The first-order chi connectivity index (χ1) is 7.65. The van der Waals surface area contributed by atoms with Crippen molar-refractivity contribution in [3.8, 4) is 11.8 Å². The van der Waals surface area contributed by atoms with Crippen molar-refractivity contribution in [1.29, 1.82) is 5.26 Å². The summed E-state index contributed by atoms with van der Waals surface area (Å²) in [5.41, 5.74) is 0.455. The first kappa shape index (κ1) is 12.7. The zero-order valence-electron chi connectivity index (χ0n) is 8.51. The van der Waals surface area contributed by atoms with E-state index in [1.54, 1.807) is 0 Å². The largest absolute Gasteiger partial charge is 0.494 e. The van der Waals surface area contributed by atoms with Gasteiger partial charge in [0.1, 0.15) is 5.69 Å². The molecule has 0 amide bonds. The lowest BCUT2D eigenvalue weighted by atomic mass is 10.1. The van der Waals surface area contributed by atoms with E-state index < -0.39 is 12.1 Å². The normalized spacial score (nSPS) is 10.2. The van der Waals surface area contributed by atoms with Crippen molar-refractivity contribution in [3.05, 3.63) is 23.0 Å². The lowest BCUT2D eigenvalue weighted by Crippen LogP contribution is -2.04. The van der Waals surface area contributed by atoms with Crippen LogP contribution in [0.4, 0.5) is 8.78 Å². The predicted octanol–water partition coefficient (Wildman–Crippen LogP) is 2.83. The maximum Gasteiger partial charge on any atom is 0.284 e. The minimum absolute atomic E-state index is 0.0343. The van der Waals surface area contributed by atoms with Crippen molar-refractivity contribution in [2.75, 3.05) is 7.11 Å². The molecule has 0 aliphatic rings. The first-order valence-electron chi connectivity index (χ1n) is 4.41. The number of aromatic nitrogens is 1. The van der Waals surface area contributed by atoms with E-state index in [2.05, 4.69) is 4.98 Å². The average Bonchev–Trinajstić information content (AvgIpc) is 2.28. The van der Waals surface area contributed by atoms with E-state index in [0.717, 1.165) is 0 Å². The van der Waals surface area contributed by atoms with Gasteiger partial charge < -0.3 is 4.74 Å². The van der Waals surface area contributed by atoms with E-state index in [4.69, 9.17) is 21.6 Å². The van der Waals surface area contributed by atoms with Gasteiger partial charge in [-0.05, 0) is 5.56 Å². The van der Waals surface area contributed by atoms with Crippen LogP contribution in [-0.2, 0) is 12.3 Å². The van der Waals surface area contributed by atoms with E-state index in [-0.39, 0.29) is 18.1 Å². The van der Waals surface area contributed by atoms with Crippen molar-refractivity contribution in [1.82, 2.24) is 4.98 Å². The van der Waals surface area contributed by atoms with Gasteiger partial charge in [-0.1, -0.05) is 0 Å². The average molecular weight is 247 g/mol. The summed E-state index contributed by atoms with van der Waals surface area (Å²) in [5.74, 6) is 0.0545. The Bertz CT molecular complexity index is 418. The van der Waals surface area contributed by atoms with Crippen LogP contribution in [0.1, 0.15) is 23.2 Å².